The summed E-state index contributed by atoms with van der Waals surface area (Å²) in [5.74, 6) is -0.285. The minimum atomic E-state index is -0.285. The molecule has 40 heavy (non-hydrogen) atoms. The van der Waals surface area contributed by atoms with Gasteiger partial charge in [0.15, 0.2) is 5.11 Å². The Morgan fingerprint density at radius 3 is 2.60 bits per heavy atom. The summed E-state index contributed by atoms with van der Waals surface area (Å²) in [5, 5.41) is 7.91. The smallest absolute Gasteiger partial charge is 0.250 e. The molecular formula is C30H29Cl2N5O2S. The number of methoxy groups -OCH3 is 1. The van der Waals surface area contributed by atoms with E-state index in [4.69, 9.17) is 40.2 Å². The maximum absolute atomic E-state index is 12.1. The maximum atomic E-state index is 12.1. The Morgan fingerprint density at radius 2 is 1.90 bits per heavy atom. The molecule has 206 valence electrons. The molecule has 2 atom stereocenters. The van der Waals surface area contributed by atoms with Gasteiger partial charge in [-0.1, -0.05) is 35.3 Å². The van der Waals surface area contributed by atoms with Crippen molar-refractivity contribution < 1.29 is 9.53 Å². The van der Waals surface area contributed by atoms with Crippen LogP contribution >= 0.6 is 35.4 Å². The van der Waals surface area contributed by atoms with Crippen LogP contribution in [0, 0.1) is 20.8 Å². The number of thiocarbonyl (C=S) groups is 1. The lowest BCUT2D eigenvalue weighted by atomic mass is 9.96. The number of carbonyl (C=O) groups excluding carboxylic acids is 1. The van der Waals surface area contributed by atoms with E-state index < -0.39 is 0 Å². The van der Waals surface area contributed by atoms with Crippen LogP contribution in [0.15, 0.2) is 66.9 Å². The van der Waals surface area contributed by atoms with Gasteiger partial charge in [-0.05, 0) is 92.6 Å². The van der Waals surface area contributed by atoms with Gasteiger partial charge in [-0.25, -0.2) is 0 Å². The molecule has 0 saturated carbocycles. The molecule has 1 aliphatic rings. The van der Waals surface area contributed by atoms with Crippen molar-refractivity contribution in [2.24, 2.45) is 0 Å². The minimum absolute atomic E-state index is 0.0617. The summed E-state index contributed by atoms with van der Waals surface area (Å²) in [6, 6.07) is 19.0. The summed E-state index contributed by atoms with van der Waals surface area (Å²) in [7, 11) is 1.47. The van der Waals surface area contributed by atoms with Gasteiger partial charge in [-0.3, -0.25) is 9.78 Å². The van der Waals surface area contributed by atoms with E-state index in [1.54, 1.807) is 12.3 Å². The monoisotopic (exact) mass is 593 g/mol. The SMILES string of the molecule is COCC(=O)Nc1ccc(N2C(=S)N[C@H](c3ccccn3)[C@H]2c2cc(C)n(-c3cc(Cl)ccc3C)c2C)cc1Cl. The molecule has 0 unspecified atom stereocenters. The van der Waals surface area contributed by atoms with Crippen molar-refractivity contribution in [1.82, 2.24) is 14.9 Å². The first-order chi connectivity index (χ1) is 19.2. The van der Waals surface area contributed by atoms with E-state index in [0.29, 0.717) is 20.8 Å². The first-order valence-electron chi connectivity index (χ1n) is 12.7. The summed E-state index contributed by atoms with van der Waals surface area (Å²) >= 11 is 19.0. The lowest BCUT2D eigenvalue weighted by molar-refractivity contribution is -0.119. The number of benzene rings is 2. The van der Waals surface area contributed by atoms with Gasteiger partial charge in [-0.15, -0.1) is 0 Å². The van der Waals surface area contributed by atoms with Crippen molar-refractivity contribution in [1.29, 1.82) is 0 Å². The van der Waals surface area contributed by atoms with Gasteiger partial charge in [0.2, 0.25) is 5.91 Å². The van der Waals surface area contributed by atoms with Gasteiger partial charge in [0.1, 0.15) is 6.61 Å². The van der Waals surface area contributed by atoms with Crippen LogP contribution in [0.2, 0.25) is 10.0 Å². The summed E-state index contributed by atoms with van der Waals surface area (Å²) in [4.78, 5) is 18.8. The largest absolute Gasteiger partial charge is 0.375 e. The first kappa shape index (κ1) is 28.1. The Morgan fingerprint density at radius 1 is 1.10 bits per heavy atom. The molecule has 2 aromatic carbocycles. The molecule has 1 amide bonds. The molecule has 2 aromatic heterocycles. The van der Waals surface area contributed by atoms with Crippen molar-refractivity contribution in [3.63, 3.8) is 0 Å². The van der Waals surface area contributed by atoms with E-state index in [1.807, 2.05) is 48.5 Å². The van der Waals surface area contributed by atoms with Crippen LogP contribution in [-0.4, -0.2) is 34.3 Å². The fourth-order valence-corrected chi connectivity index (χ4v) is 6.04. The molecule has 1 fully saturated rings. The molecule has 0 aliphatic carbocycles. The number of aryl methyl sites for hydroxylation is 2. The van der Waals surface area contributed by atoms with Crippen LogP contribution in [-0.2, 0) is 9.53 Å². The second-order valence-electron chi connectivity index (χ2n) is 9.73. The van der Waals surface area contributed by atoms with E-state index in [1.165, 1.54) is 7.11 Å². The second-order valence-corrected chi connectivity index (χ2v) is 11.0. The molecule has 1 saturated heterocycles. The Bertz CT molecular complexity index is 1590. The highest BCUT2D eigenvalue weighted by molar-refractivity contribution is 7.80. The number of ether oxygens (including phenoxy) is 1. The van der Waals surface area contributed by atoms with Crippen LogP contribution in [0.4, 0.5) is 11.4 Å². The quantitative estimate of drug-likeness (QED) is 0.228. The highest BCUT2D eigenvalue weighted by atomic mass is 35.5. The number of hydrogen-bond acceptors (Lipinski definition) is 4. The van der Waals surface area contributed by atoms with Gasteiger partial charge in [0, 0.05) is 41.1 Å². The zero-order chi connectivity index (χ0) is 28.6. The van der Waals surface area contributed by atoms with E-state index in [2.05, 4.69) is 51.9 Å². The summed E-state index contributed by atoms with van der Waals surface area (Å²) in [5.41, 5.74) is 7.54. The molecule has 3 heterocycles. The number of rotatable bonds is 7. The Hall–Kier alpha value is -3.43. The standard InChI is InChI=1S/C30H29Cl2N5O2S/c1-17-8-9-20(31)14-26(17)36-18(2)13-22(19(36)3)29-28(25-7-5-6-12-33-25)35-30(40)37(29)21-10-11-24(23(32)15-21)34-27(38)16-39-4/h5-15,28-29H,16H2,1-4H3,(H,34,38)(H,35,40)/t28-,29-/m1/s1. The molecule has 7 nitrogen and oxygen atoms in total. The van der Waals surface area contributed by atoms with E-state index >= 15 is 0 Å². The number of hydrogen-bond donors (Lipinski definition) is 2. The predicted molar refractivity (Wildman–Crippen MR) is 165 cm³/mol. The predicted octanol–water partition coefficient (Wildman–Crippen LogP) is 6.87. The molecule has 0 radical (unpaired) electrons. The fourth-order valence-electron chi connectivity index (χ4n) is 5.30. The van der Waals surface area contributed by atoms with Crippen LogP contribution in [0.1, 0.15) is 40.3 Å². The second kappa shape index (κ2) is 11.6. The zero-order valence-electron chi connectivity index (χ0n) is 22.5. The minimum Gasteiger partial charge on any atom is -0.375 e. The number of halogens is 2. The Labute approximate surface area is 249 Å². The summed E-state index contributed by atoms with van der Waals surface area (Å²) in [6.45, 7) is 6.22. The van der Waals surface area contributed by atoms with Crippen molar-refractivity contribution in [2.75, 3.05) is 23.9 Å². The molecule has 5 rings (SSSR count). The van der Waals surface area contributed by atoms with Gasteiger partial charge in [-0.2, -0.15) is 0 Å². The molecule has 1 aliphatic heterocycles. The molecule has 0 spiro atoms. The van der Waals surface area contributed by atoms with Crippen LogP contribution in [0.3, 0.4) is 0 Å². The third kappa shape index (κ3) is 5.32. The zero-order valence-corrected chi connectivity index (χ0v) is 24.9. The van der Waals surface area contributed by atoms with Crippen molar-refractivity contribution in [3.8, 4) is 5.69 Å². The van der Waals surface area contributed by atoms with Gasteiger partial charge < -0.3 is 24.8 Å². The Balaban J connectivity index is 1.63. The van der Waals surface area contributed by atoms with Crippen molar-refractivity contribution >= 4 is 57.8 Å². The van der Waals surface area contributed by atoms with E-state index in [9.17, 15) is 4.79 Å². The third-order valence-electron chi connectivity index (χ3n) is 7.08. The number of aromatic nitrogens is 2. The average Bonchev–Trinajstić information content (AvgIpc) is 3.42. The van der Waals surface area contributed by atoms with E-state index in [0.717, 1.165) is 39.6 Å². The average molecular weight is 595 g/mol. The van der Waals surface area contributed by atoms with E-state index in [-0.39, 0.29) is 24.6 Å². The number of pyridine rings is 1. The molecular weight excluding hydrogens is 565 g/mol. The van der Waals surface area contributed by atoms with Crippen LogP contribution in [0.5, 0.6) is 0 Å². The topological polar surface area (TPSA) is 71.4 Å². The van der Waals surface area contributed by atoms with Crippen molar-refractivity contribution in [2.45, 2.75) is 32.9 Å². The summed E-state index contributed by atoms with van der Waals surface area (Å²) in [6.07, 6.45) is 1.78. The normalized spacial score (nSPS) is 16.8. The number of carbonyl (C=O) groups is 1. The molecule has 4 aromatic rings. The molecule has 10 heteroatoms. The Kier molecular flexibility index (Phi) is 8.14. The molecule has 2 N–H and O–H groups in total. The van der Waals surface area contributed by atoms with Gasteiger partial charge >= 0.3 is 0 Å². The lowest BCUT2D eigenvalue weighted by Crippen LogP contribution is -2.29. The lowest BCUT2D eigenvalue weighted by Gasteiger charge is -2.28. The van der Waals surface area contributed by atoms with Crippen molar-refractivity contribution in [3.05, 3.63) is 105 Å². The van der Waals surface area contributed by atoms with Crippen LogP contribution in [0.25, 0.3) is 5.69 Å². The summed E-state index contributed by atoms with van der Waals surface area (Å²) < 4.78 is 7.15. The number of nitrogens with one attached hydrogen (secondary N) is 2. The maximum Gasteiger partial charge on any atom is 0.250 e. The third-order valence-corrected chi connectivity index (χ3v) is 7.94. The fraction of sp³-hybridized carbons (Fsp3) is 0.233. The molecule has 0 bridgehead atoms. The number of nitrogens with zero attached hydrogens (tertiary/aromatic N) is 3. The highest BCUT2D eigenvalue weighted by Crippen LogP contribution is 2.45. The van der Waals surface area contributed by atoms with Gasteiger partial charge in [0.25, 0.3) is 0 Å². The number of amides is 1. The van der Waals surface area contributed by atoms with Gasteiger partial charge in [0.05, 0.1) is 28.5 Å². The highest BCUT2D eigenvalue weighted by Gasteiger charge is 2.42. The number of anilines is 2. The van der Waals surface area contributed by atoms with Crippen LogP contribution < -0.4 is 15.5 Å². The first-order valence-corrected chi connectivity index (χ1v) is 13.9.